The second-order valence-corrected chi connectivity index (χ2v) is 8.61. The minimum absolute atomic E-state index is 0.0407. The Bertz CT molecular complexity index is 929. The Kier molecular flexibility index (Phi) is 5.93. The molecule has 1 amide bonds. The number of fused-ring (bicyclic) bond motifs is 1. The zero-order valence-corrected chi connectivity index (χ0v) is 16.3. The number of amides is 1. The van der Waals surface area contributed by atoms with Crippen LogP contribution in [0.15, 0.2) is 52.3 Å². The topological polar surface area (TPSA) is 108 Å². The van der Waals surface area contributed by atoms with Gasteiger partial charge in [0, 0.05) is 4.90 Å². The minimum atomic E-state index is -3.72. The molecule has 0 saturated carbocycles. The normalized spacial score (nSPS) is 14.4. The van der Waals surface area contributed by atoms with Gasteiger partial charge >= 0.3 is 0 Å². The average molecular weight is 409 g/mol. The number of nitrogens with one attached hydrogen (secondary N) is 1. The fourth-order valence-corrected chi connectivity index (χ4v) is 3.83. The van der Waals surface area contributed by atoms with Gasteiger partial charge in [-0.2, -0.15) is 0 Å². The van der Waals surface area contributed by atoms with Crippen molar-refractivity contribution in [3.05, 3.63) is 48.0 Å². The number of carbonyl (C=O) groups is 1. The zero-order chi connectivity index (χ0) is 19.4. The Balaban J connectivity index is 1.54. The second-order valence-electron chi connectivity index (χ2n) is 6.00. The summed E-state index contributed by atoms with van der Waals surface area (Å²) in [6.07, 6.45) is 0. The molecule has 144 valence electrons. The lowest BCUT2D eigenvalue weighted by Crippen LogP contribution is -2.28. The van der Waals surface area contributed by atoms with Crippen molar-refractivity contribution in [1.82, 2.24) is 5.32 Å². The quantitative estimate of drug-likeness (QED) is 0.709. The number of ether oxygens (including phenoxy) is 2. The molecule has 0 fully saturated rings. The molecule has 1 atom stereocenters. The van der Waals surface area contributed by atoms with Crippen LogP contribution >= 0.6 is 11.8 Å². The molecule has 27 heavy (non-hydrogen) atoms. The number of rotatable bonds is 6. The van der Waals surface area contributed by atoms with Gasteiger partial charge in [0.05, 0.1) is 16.7 Å². The number of sulfonamides is 1. The van der Waals surface area contributed by atoms with E-state index in [1.807, 2.05) is 25.1 Å². The van der Waals surface area contributed by atoms with Crippen molar-refractivity contribution in [2.24, 2.45) is 5.14 Å². The van der Waals surface area contributed by atoms with E-state index >= 15 is 0 Å². The maximum absolute atomic E-state index is 12.2. The van der Waals surface area contributed by atoms with Gasteiger partial charge in [0.25, 0.3) is 0 Å². The molecular formula is C18H20N2O5S2. The first kappa shape index (κ1) is 19.5. The lowest BCUT2D eigenvalue weighted by molar-refractivity contribution is -0.119. The highest BCUT2D eigenvalue weighted by Crippen LogP contribution is 2.34. The molecule has 0 aromatic heterocycles. The van der Waals surface area contributed by atoms with Crippen molar-refractivity contribution in [2.45, 2.75) is 22.8 Å². The van der Waals surface area contributed by atoms with Crippen molar-refractivity contribution >= 4 is 27.7 Å². The van der Waals surface area contributed by atoms with Crippen LogP contribution in [-0.4, -0.2) is 33.3 Å². The van der Waals surface area contributed by atoms with Crippen molar-refractivity contribution < 1.29 is 22.7 Å². The third-order valence-corrected chi connectivity index (χ3v) is 5.89. The fraction of sp³-hybridized carbons (Fsp3) is 0.278. The summed E-state index contributed by atoms with van der Waals surface area (Å²) >= 11 is 1.40. The summed E-state index contributed by atoms with van der Waals surface area (Å²) in [5.41, 5.74) is 0.792. The van der Waals surface area contributed by atoms with Gasteiger partial charge < -0.3 is 14.8 Å². The predicted molar refractivity (Wildman–Crippen MR) is 103 cm³/mol. The molecule has 0 bridgehead atoms. The fourth-order valence-electron chi connectivity index (χ4n) is 2.58. The molecule has 1 aliphatic heterocycles. The van der Waals surface area contributed by atoms with E-state index in [4.69, 9.17) is 14.6 Å². The van der Waals surface area contributed by atoms with Crippen LogP contribution in [0.5, 0.6) is 11.5 Å². The lowest BCUT2D eigenvalue weighted by Gasteiger charge is -2.19. The molecule has 9 heteroatoms. The van der Waals surface area contributed by atoms with Crippen LogP contribution in [0.1, 0.15) is 18.5 Å². The van der Waals surface area contributed by atoms with Crippen LogP contribution in [0.2, 0.25) is 0 Å². The Morgan fingerprint density at radius 3 is 2.48 bits per heavy atom. The maximum atomic E-state index is 12.2. The van der Waals surface area contributed by atoms with E-state index in [2.05, 4.69) is 5.32 Å². The highest BCUT2D eigenvalue weighted by molar-refractivity contribution is 8.00. The molecule has 0 unspecified atom stereocenters. The molecular weight excluding hydrogens is 388 g/mol. The van der Waals surface area contributed by atoms with Gasteiger partial charge in [-0.25, -0.2) is 13.6 Å². The number of carbonyl (C=O) groups excluding carboxylic acids is 1. The first-order chi connectivity index (χ1) is 12.8. The van der Waals surface area contributed by atoms with Crippen LogP contribution in [-0.2, 0) is 14.8 Å². The van der Waals surface area contributed by atoms with E-state index < -0.39 is 10.0 Å². The van der Waals surface area contributed by atoms with Gasteiger partial charge in [-0.15, -0.1) is 11.8 Å². The molecule has 0 spiro atoms. The summed E-state index contributed by atoms with van der Waals surface area (Å²) in [6, 6.07) is 11.5. The number of benzene rings is 2. The summed E-state index contributed by atoms with van der Waals surface area (Å²) < 4.78 is 33.6. The summed E-state index contributed by atoms with van der Waals surface area (Å²) in [5.74, 6) is 1.53. The molecule has 3 rings (SSSR count). The van der Waals surface area contributed by atoms with Crippen molar-refractivity contribution in [3.63, 3.8) is 0 Å². The zero-order valence-electron chi connectivity index (χ0n) is 14.7. The van der Waals surface area contributed by atoms with Gasteiger partial charge in [0.15, 0.2) is 11.5 Å². The minimum Gasteiger partial charge on any atom is -0.486 e. The Morgan fingerprint density at radius 1 is 1.15 bits per heavy atom. The van der Waals surface area contributed by atoms with E-state index in [0.29, 0.717) is 24.7 Å². The molecule has 3 N–H and O–H groups in total. The Morgan fingerprint density at radius 2 is 1.81 bits per heavy atom. The first-order valence-electron chi connectivity index (χ1n) is 8.27. The lowest BCUT2D eigenvalue weighted by atomic mass is 10.1. The number of hydrogen-bond donors (Lipinski definition) is 2. The van der Waals surface area contributed by atoms with E-state index in [-0.39, 0.29) is 22.6 Å². The van der Waals surface area contributed by atoms with Gasteiger partial charge in [-0.3, -0.25) is 4.79 Å². The number of primary sulfonamides is 1. The van der Waals surface area contributed by atoms with Crippen LogP contribution in [0.4, 0.5) is 0 Å². The molecule has 1 aliphatic rings. The highest BCUT2D eigenvalue weighted by atomic mass is 32.2. The first-order valence-corrected chi connectivity index (χ1v) is 10.8. The molecule has 0 aliphatic carbocycles. The van der Waals surface area contributed by atoms with Gasteiger partial charge in [-0.05, 0) is 42.8 Å². The van der Waals surface area contributed by atoms with E-state index in [9.17, 15) is 13.2 Å². The van der Waals surface area contributed by atoms with E-state index in [1.54, 1.807) is 12.1 Å². The molecule has 0 saturated heterocycles. The monoisotopic (exact) mass is 408 g/mol. The summed E-state index contributed by atoms with van der Waals surface area (Å²) in [4.78, 5) is 13.2. The van der Waals surface area contributed by atoms with Crippen LogP contribution in [0.3, 0.4) is 0 Å². The maximum Gasteiger partial charge on any atom is 0.238 e. The third-order valence-electron chi connectivity index (χ3n) is 3.97. The average Bonchev–Trinajstić information content (AvgIpc) is 2.65. The number of nitrogens with two attached hydrogens (primary N) is 1. The van der Waals surface area contributed by atoms with Gasteiger partial charge in [-0.1, -0.05) is 12.1 Å². The predicted octanol–water partition coefficient (Wildman–Crippen LogP) is 2.07. The molecule has 7 nitrogen and oxygen atoms in total. The smallest absolute Gasteiger partial charge is 0.238 e. The van der Waals surface area contributed by atoms with E-state index in [1.165, 1.54) is 23.9 Å². The Labute approximate surface area is 162 Å². The van der Waals surface area contributed by atoms with Crippen molar-refractivity contribution in [2.75, 3.05) is 19.0 Å². The van der Waals surface area contributed by atoms with E-state index in [0.717, 1.165) is 10.5 Å². The molecule has 1 heterocycles. The van der Waals surface area contributed by atoms with Crippen molar-refractivity contribution in [3.8, 4) is 11.5 Å². The standard InChI is InChI=1S/C18H20N2O5S2/c1-12(13-2-5-15(6-3-13)27(19,22)23)20-18(21)11-26-14-4-7-16-17(10-14)25-9-8-24-16/h2-7,10,12H,8-9,11H2,1H3,(H,20,21)(H2,19,22,23)/t12-/m0/s1. The van der Waals surface area contributed by atoms with Crippen LogP contribution < -0.4 is 19.9 Å². The third kappa shape index (κ3) is 5.15. The summed E-state index contributed by atoms with van der Waals surface area (Å²) in [6.45, 7) is 2.89. The van der Waals surface area contributed by atoms with Crippen LogP contribution in [0.25, 0.3) is 0 Å². The molecule has 2 aromatic carbocycles. The second kappa shape index (κ2) is 8.20. The highest BCUT2D eigenvalue weighted by Gasteiger charge is 2.14. The largest absolute Gasteiger partial charge is 0.486 e. The van der Waals surface area contributed by atoms with Crippen LogP contribution in [0, 0.1) is 0 Å². The molecule has 0 radical (unpaired) electrons. The Hall–Kier alpha value is -2.23. The number of thioether (sulfide) groups is 1. The summed E-state index contributed by atoms with van der Waals surface area (Å²) in [5, 5.41) is 7.97. The molecule has 2 aromatic rings. The van der Waals surface area contributed by atoms with Gasteiger partial charge in [0.1, 0.15) is 13.2 Å². The van der Waals surface area contributed by atoms with Crippen molar-refractivity contribution in [1.29, 1.82) is 0 Å². The van der Waals surface area contributed by atoms with Gasteiger partial charge in [0.2, 0.25) is 15.9 Å². The SMILES string of the molecule is C[C@H](NC(=O)CSc1ccc2c(c1)OCCO2)c1ccc(S(N)(=O)=O)cc1. The summed E-state index contributed by atoms with van der Waals surface area (Å²) in [7, 11) is -3.72. The number of hydrogen-bond acceptors (Lipinski definition) is 6.